The molecule has 0 aromatic heterocycles. The first kappa shape index (κ1) is 17.7. The summed E-state index contributed by atoms with van der Waals surface area (Å²) in [6, 6.07) is 13.6. The summed E-state index contributed by atoms with van der Waals surface area (Å²) < 4.78 is 34.3. The maximum Gasteiger partial charge on any atom is 0.295 e. The van der Waals surface area contributed by atoms with E-state index in [1.54, 1.807) is 42.5 Å². The van der Waals surface area contributed by atoms with Gasteiger partial charge in [0.1, 0.15) is 10.6 Å². The molecule has 0 bridgehead atoms. The van der Waals surface area contributed by atoms with Crippen LogP contribution in [0.1, 0.15) is 0 Å². The van der Waals surface area contributed by atoms with Crippen molar-refractivity contribution in [2.45, 2.75) is 4.90 Å². The highest BCUT2D eigenvalue weighted by atomic mass is 127. The molecule has 24 heavy (non-hydrogen) atoms. The minimum atomic E-state index is -4.35. The molecule has 0 aliphatic heterocycles. The smallest absolute Gasteiger partial charge is 0.295 e. The first-order valence-electron chi connectivity index (χ1n) is 6.71. The summed E-state index contributed by atoms with van der Waals surface area (Å²) in [7, 11) is -4.35. The Morgan fingerprint density at radius 1 is 0.958 bits per heavy atom. The third kappa shape index (κ3) is 3.46. The molecule has 3 aromatic carbocycles. The van der Waals surface area contributed by atoms with Gasteiger partial charge in [-0.15, -0.1) is 0 Å². The lowest BCUT2D eigenvalue weighted by atomic mass is 10.1. The van der Waals surface area contributed by atoms with Gasteiger partial charge < -0.3 is 10.4 Å². The predicted octanol–water partition coefficient (Wildman–Crippen LogP) is 4.74. The van der Waals surface area contributed by atoms with Gasteiger partial charge in [0.05, 0.1) is 7.14 Å². The van der Waals surface area contributed by atoms with Crippen LogP contribution < -0.4 is 5.32 Å². The number of nitrogens with one attached hydrogen (secondary N) is 1. The Morgan fingerprint density at radius 2 is 1.54 bits per heavy atom. The van der Waals surface area contributed by atoms with E-state index in [1.807, 2.05) is 45.2 Å². The largest absolute Gasteiger partial charge is 0.506 e. The standard InChI is InChI=1S/C16H11I2NO4S/c17-11-7-10(8-12(18)16(11)20)19-13-5-1-3-9-4-2-6-14(15(9)13)24(21,22)23/h1-8,19-20H,(H,21,22,23). The summed E-state index contributed by atoms with van der Waals surface area (Å²) in [5.74, 6) is 0.207. The van der Waals surface area contributed by atoms with Crippen LogP contribution in [-0.2, 0) is 10.1 Å². The Bertz CT molecular complexity index is 1020. The molecule has 0 amide bonds. The second-order valence-corrected chi connectivity index (χ2v) is 8.76. The highest BCUT2D eigenvalue weighted by Gasteiger charge is 2.17. The fraction of sp³-hybridized carbons (Fsp3) is 0. The predicted molar refractivity (Wildman–Crippen MR) is 111 cm³/mol. The summed E-state index contributed by atoms with van der Waals surface area (Å²) in [5, 5.41) is 14.1. The van der Waals surface area contributed by atoms with E-state index in [-0.39, 0.29) is 10.6 Å². The first-order chi connectivity index (χ1) is 11.3. The Balaban J connectivity index is 2.21. The number of anilines is 2. The summed E-state index contributed by atoms with van der Waals surface area (Å²) >= 11 is 4.05. The van der Waals surface area contributed by atoms with E-state index >= 15 is 0 Å². The monoisotopic (exact) mass is 567 g/mol. The fourth-order valence-corrected chi connectivity index (χ4v) is 4.92. The van der Waals surface area contributed by atoms with Crippen LogP contribution in [-0.4, -0.2) is 18.1 Å². The SMILES string of the molecule is O=S(=O)(O)c1cccc2cccc(Nc3cc(I)c(O)c(I)c3)c12. The highest BCUT2D eigenvalue weighted by Crippen LogP contribution is 2.35. The molecule has 0 aliphatic rings. The topological polar surface area (TPSA) is 86.6 Å². The molecule has 0 unspecified atom stereocenters. The Hall–Kier alpha value is -1.11. The van der Waals surface area contributed by atoms with Gasteiger partial charge in [-0.05, 0) is 74.8 Å². The lowest BCUT2D eigenvalue weighted by Gasteiger charge is -2.13. The van der Waals surface area contributed by atoms with Gasteiger partial charge in [0.15, 0.2) is 0 Å². The van der Waals surface area contributed by atoms with Crippen molar-refractivity contribution in [2.24, 2.45) is 0 Å². The fourth-order valence-electron chi connectivity index (χ4n) is 2.42. The van der Waals surface area contributed by atoms with Gasteiger partial charge >= 0.3 is 0 Å². The molecule has 3 N–H and O–H groups in total. The van der Waals surface area contributed by atoms with Crippen molar-refractivity contribution in [3.05, 3.63) is 55.7 Å². The van der Waals surface area contributed by atoms with E-state index in [9.17, 15) is 18.1 Å². The minimum Gasteiger partial charge on any atom is -0.506 e. The van der Waals surface area contributed by atoms with Gasteiger partial charge in [-0.1, -0.05) is 24.3 Å². The zero-order valence-corrected chi connectivity index (χ0v) is 17.1. The van der Waals surface area contributed by atoms with Crippen LogP contribution in [0.2, 0.25) is 0 Å². The number of hydrogen-bond acceptors (Lipinski definition) is 4. The average molecular weight is 567 g/mol. The summed E-state index contributed by atoms with van der Waals surface area (Å²) in [6.45, 7) is 0. The van der Waals surface area contributed by atoms with Crippen LogP contribution in [0.5, 0.6) is 5.75 Å². The van der Waals surface area contributed by atoms with Crippen molar-refractivity contribution in [1.82, 2.24) is 0 Å². The highest BCUT2D eigenvalue weighted by molar-refractivity contribution is 14.1. The molecule has 8 heteroatoms. The Morgan fingerprint density at radius 3 is 2.12 bits per heavy atom. The van der Waals surface area contributed by atoms with Crippen molar-refractivity contribution in [3.63, 3.8) is 0 Å². The third-order valence-electron chi connectivity index (χ3n) is 3.44. The average Bonchev–Trinajstić information content (AvgIpc) is 2.51. The maximum absolute atomic E-state index is 11.7. The molecular weight excluding hydrogens is 556 g/mol. The van der Waals surface area contributed by atoms with Crippen molar-refractivity contribution in [2.75, 3.05) is 5.32 Å². The van der Waals surface area contributed by atoms with Crippen LogP contribution in [0.25, 0.3) is 10.8 Å². The third-order valence-corrected chi connectivity index (χ3v) is 5.98. The molecule has 5 nitrogen and oxygen atoms in total. The van der Waals surface area contributed by atoms with Crippen LogP contribution in [0, 0.1) is 7.14 Å². The van der Waals surface area contributed by atoms with Gasteiger partial charge in [0.25, 0.3) is 10.1 Å². The molecule has 0 aliphatic carbocycles. The number of fused-ring (bicyclic) bond motifs is 1. The Kier molecular flexibility index (Phi) is 4.91. The minimum absolute atomic E-state index is 0.147. The van der Waals surface area contributed by atoms with Crippen LogP contribution in [0.15, 0.2) is 53.4 Å². The van der Waals surface area contributed by atoms with Crippen LogP contribution in [0.3, 0.4) is 0 Å². The van der Waals surface area contributed by atoms with E-state index < -0.39 is 10.1 Å². The molecule has 0 heterocycles. The van der Waals surface area contributed by atoms with E-state index in [4.69, 9.17) is 0 Å². The van der Waals surface area contributed by atoms with Gasteiger partial charge in [0, 0.05) is 16.8 Å². The maximum atomic E-state index is 11.7. The van der Waals surface area contributed by atoms with Gasteiger partial charge in [-0.25, -0.2) is 0 Å². The lowest BCUT2D eigenvalue weighted by Crippen LogP contribution is -2.01. The van der Waals surface area contributed by atoms with Gasteiger partial charge in [0.2, 0.25) is 0 Å². The second kappa shape index (κ2) is 6.65. The van der Waals surface area contributed by atoms with Crippen molar-refractivity contribution >= 4 is 77.4 Å². The van der Waals surface area contributed by atoms with E-state index in [2.05, 4.69) is 5.32 Å². The van der Waals surface area contributed by atoms with Crippen molar-refractivity contribution in [1.29, 1.82) is 0 Å². The first-order valence-corrected chi connectivity index (χ1v) is 10.3. The van der Waals surface area contributed by atoms with Gasteiger partial charge in [-0.3, -0.25) is 4.55 Å². The summed E-state index contributed by atoms with van der Waals surface area (Å²) in [4.78, 5) is -0.147. The molecule has 0 saturated carbocycles. The van der Waals surface area contributed by atoms with Crippen LogP contribution in [0.4, 0.5) is 11.4 Å². The molecule has 0 fully saturated rings. The molecule has 3 aromatic rings. The summed E-state index contributed by atoms with van der Waals surface area (Å²) in [6.07, 6.45) is 0. The Labute approximate surface area is 166 Å². The molecule has 0 spiro atoms. The van der Waals surface area contributed by atoms with E-state index in [1.165, 1.54) is 6.07 Å². The number of halogens is 2. The van der Waals surface area contributed by atoms with Gasteiger partial charge in [-0.2, -0.15) is 8.42 Å². The zero-order chi connectivity index (χ0) is 17.5. The number of phenols is 1. The van der Waals surface area contributed by atoms with E-state index in [0.29, 0.717) is 29.3 Å². The molecule has 0 atom stereocenters. The van der Waals surface area contributed by atoms with Crippen molar-refractivity contribution in [3.8, 4) is 5.75 Å². The molecular formula is C16H11I2NO4S. The quantitative estimate of drug-likeness (QED) is 0.242. The molecule has 0 saturated heterocycles. The second-order valence-electron chi connectivity index (χ2n) is 5.05. The number of hydrogen-bond donors (Lipinski definition) is 3. The zero-order valence-electron chi connectivity index (χ0n) is 12.0. The van der Waals surface area contributed by atoms with E-state index in [0.717, 1.165) is 0 Å². The number of phenolic OH excluding ortho intramolecular Hbond substituents is 1. The molecule has 124 valence electrons. The normalized spacial score (nSPS) is 11.6. The molecule has 0 radical (unpaired) electrons. The lowest BCUT2D eigenvalue weighted by molar-refractivity contribution is 0.467. The van der Waals surface area contributed by atoms with Crippen molar-refractivity contribution < 1.29 is 18.1 Å². The molecule has 3 rings (SSSR count). The van der Waals surface area contributed by atoms with Crippen LogP contribution >= 0.6 is 45.2 Å². The summed E-state index contributed by atoms with van der Waals surface area (Å²) in [5.41, 5.74) is 1.26. The number of aromatic hydroxyl groups is 1. The number of rotatable bonds is 3. The number of benzene rings is 3.